The van der Waals surface area contributed by atoms with Crippen LogP contribution in [0.25, 0.3) is 0 Å². The van der Waals surface area contributed by atoms with Crippen molar-refractivity contribution in [3.05, 3.63) is 34.9 Å². The predicted molar refractivity (Wildman–Crippen MR) is 77.1 cm³/mol. The summed E-state index contributed by atoms with van der Waals surface area (Å²) in [7, 11) is 0. The molecule has 1 atom stereocenters. The van der Waals surface area contributed by atoms with Crippen molar-refractivity contribution in [2.75, 3.05) is 6.54 Å². The highest BCUT2D eigenvalue weighted by Crippen LogP contribution is 2.09. The van der Waals surface area contributed by atoms with Gasteiger partial charge in [-0.15, -0.1) is 0 Å². The van der Waals surface area contributed by atoms with Gasteiger partial charge in [0.25, 0.3) is 0 Å². The van der Waals surface area contributed by atoms with Gasteiger partial charge in [0.15, 0.2) is 0 Å². The van der Waals surface area contributed by atoms with E-state index in [1.807, 2.05) is 32.9 Å². The summed E-state index contributed by atoms with van der Waals surface area (Å²) in [5.41, 5.74) is 3.49. The smallest absolute Gasteiger partial charge is 0.315 e. The Labute approximate surface area is 115 Å². The van der Waals surface area contributed by atoms with Gasteiger partial charge in [-0.2, -0.15) is 0 Å². The summed E-state index contributed by atoms with van der Waals surface area (Å²) < 4.78 is 0. The molecule has 4 nitrogen and oxygen atoms in total. The minimum absolute atomic E-state index is 0.241. The number of aryl methyl sites for hydroxylation is 2. The molecule has 0 aliphatic heterocycles. The van der Waals surface area contributed by atoms with Crippen LogP contribution < -0.4 is 10.6 Å². The van der Waals surface area contributed by atoms with Crippen LogP contribution >= 0.6 is 0 Å². The molecule has 2 amide bonds. The van der Waals surface area contributed by atoms with Crippen LogP contribution in [0.1, 0.15) is 36.5 Å². The Kier molecular flexibility index (Phi) is 6.36. The number of carbonyl (C=O) groups is 1. The second kappa shape index (κ2) is 7.79. The van der Waals surface area contributed by atoms with E-state index in [0.29, 0.717) is 19.5 Å². The molecule has 0 heterocycles. The van der Waals surface area contributed by atoms with E-state index >= 15 is 0 Å². The van der Waals surface area contributed by atoms with E-state index in [4.69, 9.17) is 0 Å². The van der Waals surface area contributed by atoms with Gasteiger partial charge in [-0.05, 0) is 31.4 Å². The lowest BCUT2D eigenvalue weighted by Crippen LogP contribution is -2.39. The van der Waals surface area contributed by atoms with E-state index in [1.165, 1.54) is 11.1 Å². The van der Waals surface area contributed by atoms with Gasteiger partial charge in [0, 0.05) is 13.1 Å². The molecule has 0 aliphatic rings. The SMILES string of the molecule is CCCC(O)CNC(=O)NCc1ccc(C)cc1C. The molecule has 1 unspecified atom stereocenters. The maximum Gasteiger partial charge on any atom is 0.315 e. The van der Waals surface area contributed by atoms with Crippen molar-refractivity contribution in [2.45, 2.75) is 46.3 Å². The topological polar surface area (TPSA) is 61.4 Å². The maximum atomic E-state index is 11.6. The number of aliphatic hydroxyl groups is 1. The fourth-order valence-corrected chi connectivity index (χ4v) is 1.93. The Balaban J connectivity index is 2.33. The first-order valence-corrected chi connectivity index (χ1v) is 6.78. The number of hydrogen-bond donors (Lipinski definition) is 3. The first-order valence-electron chi connectivity index (χ1n) is 6.78. The average molecular weight is 264 g/mol. The summed E-state index contributed by atoms with van der Waals surface area (Å²) >= 11 is 0. The van der Waals surface area contributed by atoms with E-state index in [2.05, 4.69) is 16.7 Å². The van der Waals surface area contributed by atoms with Gasteiger partial charge in [-0.25, -0.2) is 4.79 Å². The van der Waals surface area contributed by atoms with Crippen LogP contribution in [0.5, 0.6) is 0 Å². The summed E-state index contributed by atoms with van der Waals surface area (Å²) in [6.45, 7) is 6.89. The quantitative estimate of drug-likeness (QED) is 0.738. The molecule has 106 valence electrons. The first kappa shape index (κ1) is 15.5. The minimum atomic E-state index is -0.461. The number of nitrogens with one attached hydrogen (secondary N) is 2. The number of amides is 2. The van der Waals surface area contributed by atoms with E-state index in [-0.39, 0.29) is 6.03 Å². The number of rotatable bonds is 6. The summed E-state index contributed by atoms with van der Waals surface area (Å²) in [5, 5.41) is 15.0. The number of carbonyl (C=O) groups excluding carboxylic acids is 1. The third-order valence-corrected chi connectivity index (χ3v) is 3.06. The van der Waals surface area contributed by atoms with Gasteiger partial charge in [-0.3, -0.25) is 0 Å². The number of aliphatic hydroxyl groups excluding tert-OH is 1. The normalized spacial score (nSPS) is 12.0. The molecule has 0 saturated carbocycles. The van der Waals surface area contributed by atoms with Gasteiger partial charge in [0.05, 0.1) is 6.10 Å². The molecule has 1 aromatic rings. The highest BCUT2D eigenvalue weighted by atomic mass is 16.3. The molecule has 0 aromatic heterocycles. The zero-order valence-corrected chi connectivity index (χ0v) is 12.0. The monoisotopic (exact) mass is 264 g/mol. The molecule has 1 rings (SSSR count). The van der Waals surface area contributed by atoms with Crippen LogP contribution in [0.3, 0.4) is 0 Å². The van der Waals surface area contributed by atoms with E-state index < -0.39 is 6.10 Å². The molecule has 0 aliphatic carbocycles. The van der Waals surface area contributed by atoms with Gasteiger partial charge in [0.1, 0.15) is 0 Å². The van der Waals surface area contributed by atoms with Gasteiger partial charge >= 0.3 is 6.03 Å². The standard InChI is InChI=1S/C15H24N2O2/c1-4-5-14(18)10-17-15(19)16-9-13-7-6-11(2)8-12(13)3/h6-8,14,18H,4-5,9-10H2,1-3H3,(H2,16,17,19). The highest BCUT2D eigenvalue weighted by Gasteiger charge is 2.06. The molecule has 0 saturated heterocycles. The Morgan fingerprint density at radius 2 is 2.05 bits per heavy atom. The van der Waals surface area contributed by atoms with E-state index in [0.717, 1.165) is 12.0 Å². The molecular weight excluding hydrogens is 240 g/mol. The van der Waals surface area contributed by atoms with Crippen LogP contribution in [0, 0.1) is 13.8 Å². The van der Waals surface area contributed by atoms with Gasteiger partial charge in [-0.1, -0.05) is 37.1 Å². The molecule has 4 heteroatoms. The third-order valence-electron chi connectivity index (χ3n) is 3.06. The lowest BCUT2D eigenvalue weighted by molar-refractivity contribution is 0.160. The van der Waals surface area contributed by atoms with Crippen molar-refractivity contribution in [1.29, 1.82) is 0 Å². The van der Waals surface area contributed by atoms with E-state index in [9.17, 15) is 9.90 Å². The Hall–Kier alpha value is -1.55. The summed E-state index contributed by atoms with van der Waals surface area (Å²) in [6, 6.07) is 5.92. The van der Waals surface area contributed by atoms with Crippen molar-refractivity contribution in [1.82, 2.24) is 10.6 Å². The molecular formula is C15H24N2O2. The van der Waals surface area contributed by atoms with Crippen LogP contribution in [0.2, 0.25) is 0 Å². The molecule has 0 radical (unpaired) electrons. The average Bonchev–Trinajstić information content (AvgIpc) is 2.35. The fraction of sp³-hybridized carbons (Fsp3) is 0.533. The second-order valence-corrected chi connectivity index (χ2v) is 4.94. The Morgan fingerprint density at radius 1 is 1.32 bits per heavy atom. The van der Waals surface area contributed by atoms with Crippen LogP contribution in [0.15, 0.2) is 18.2 Å². The number of hydrogen-bond acceptors (Lipinski definition) is 2. The predicted octanol–water partition coefficient (Wildman–Crippen LogP) is 2.26. The Bertz CT molecular complexity index is 419. The van der Waals surface area contributed by atoms with Crippen molar-refractivity contribution in [3.8, 4) is 0 Å². The Morgan fingerprint density at radius 3 is 2.68 bits per heavy atom. The molecule has 1 aromatic carbocycles. The van der Waals surface area contributed by atoms with Crippen molar-refractivity contribution in [2.24, 2.45) is 0 Å². The van der Waals surface area contributed by atoms with Crippen molar-refractivity contribution in [3.63, 3.8) is 0 Å². The zero-order valence-electron chi connectivity index (χ0n) is 12.0. The van der Waals surface area contributed by atoms with Crippen molar-refractivity contribution < 1.29 is 9.90 Å². The number of urea groups is 1. The number of benzene rings is 1. The molecule has 0 spiro atoms. The zero-order chi connectivity index (χ0) is 14.3. The van der Waals surface area contributed by atoms with Crippen LogP contribution in [-0.4, -0.2) is 23.8 Å². The highest BCUT2D eigenvalue weighted by molar-refractivity contribution is 5.73. The van der Waals surface area contributed by atoms with Gasteiger partial charge in [0.2, 0.25) is 0 Å². The summed E-state index contributed by atoms with van der Waals surface area (Å²) in [5.74, 6) is 0. The lowest BCUT2D eigenvalue weighted by Gasteiger charge is -2.12. The second-order valence-electron chi connectivity index (χ2n) is 4.94. The van der Waals surface area contributed by atoms with Gasteiger partial charge < -0.3 is 15.7 Å². The molecule has 0 fully saturated rings. The van der Waals surface area contributed by atoms with Crippen molar-refractivity contribution >= 4 is 6.03 Å². The largest absolute Gasteiger partial charge is 0.391 e. The summed E-state index contributed by atoms with van der Waals surface area (Å²) in [4.78, 5) is 11.6. The molecule has 19 heavy (non-hydrogen) atoms. The molecule has 0 bridgehead atoms. The summed E-state index contributed by atoms with van der Waals surface area (Å²) in [6.07, 6.45) is 1.15. The lowest BCUT2D eigenvalue weighted by atomic mass is 10.1. The van der Waals surface area contributed by atoms with Crippen LogP contribution in [-0.2, 0) is 6.54 Å². The third kappa shape index (κ3) is 5.75. The maximum absolute atomic E-state index is 11.6. The fourth-order valence-electron chi connectivity index (χ4n) is 1.93. The van der Waals surface area contributed by atoms with E-state index in [1.54, 1.807) is 0 Å². The van der Waals surface area contributed by atoms with Crippen LogP contribution in [0.4, 0.5) is 4.79 Å². The minimum Gasteiger partial charge on any atom is -0.391 e. The molecule has 3 N–H and O–H groups in total. The first-order chi connectivity index (χ1) is 9.02.